The Kier molecular flexibility index (Phi) is 4.53. The van der Waals surface area contributed by atoms with Crippen LogP contribution >= 0.6 is 47.0 Å². The van der Waals surface area contributed by atoms with Crippen molar-refractivity contribution in [1.82, 2.24) is 0 Å². The quantitative estimate of drug-likeness (QED) is 0.797. The van der Waals surface area contributed by atoms with E-state index < -0.39 is 0 Å². The van der Waals surface area contributed by atoms with Gasteiger partial charge in [0.15, 0.2) is 0 Å². The third-order valence-corrected chi connectivity index (χ3v) is 3.31. The van der Waals surface area contributed by atoms with Crippen molar-refractivity contribution in [3.05, 3.63) is 57.0 Å². The average Bonchev–Trinajstić information content (AvgIpc) is 2.34. The van der Waals surface area contributed by atoms with Crippen molar-refractivity contribution < 1.29 is 4.74 Å². The number of benzene rings is 2. The minimum Gasteiger partial charge on any atom is -0.455 e. The fourth-order valence-corrected chi connectivity index (χ4v) is 2.24. The zero-order chi connectivity index (χ0) is 14.0. The van der Waals surface area contributed by atoms with E-state index in [1.807, 2.05) is 0 Å². The monoisotopic (exact) mass is 331 g/mol. The highest BCUT2D eigenvalue weighted by molar-refractivity contribution is 7.80. The van der Waals surface area contributed by atoms with Gasteiger partial charge in [-0.15, -0.1) is 0 Å². The Bertz CT molecular complexity index is 646. The first-order valence-corrected chi connectivity index (χ1v) is 6.74. The standard InChI is InChI=1S/C13H8Cl3NOS/c14-7-1-3-11(9(5-7)13(17)19)18-12-4-2-8(15)6-10(12)16/h1-6H,(H2,17,19). The van der Waals surface area contributed by atoms with Crippen LogP contribution in [0.4, 0.5) is 0 Å². The number of hydrogen-bond acceptors (Lipinski definition) is 2. The fourth-order valence-electron chi connectivity index (χ4n) is 1.46. The second-order valence-electron chi connectivity index (χ2n) is 3.68. The molecule has 2 N–H and O–H groups in total. The molecule has 0 spiro atoms. The molecule has 2 aromatic rings. The molecule has 0 atom stereocenters. The Balaban J connectivity index is 2.40. The lowest BCUT2D eigenvalue weighted by Gasteiger charge is -2.12. The van der Waals surface area contributed by atoms with Crippen molar-refractivity contribution in [3.63, 3.8) is 0 Å². The smallest absolute Gasteiger partial charge is 0.146 e. The SMILES string of the molecule is NC(=S)c1cc(Cl)ccc1Oc1ccc(Cl)cc1Cl. The van der Waals surface area contributed by atoms with Crippen molar-refractivity contribution in [3.8, 4) is 11.5 Å². The molecule has 0 radical (unpaired) electrons. The van der Waals surface area contributed by atoms with Crippen molar-refractivity contribution >= 4 is 52.0 Å². The molecule has 0 saturated heterocycles. The molecule has 0 aliphatic rings. The minimum atomic E-state index is 0.197. The van der Waals surface area contributed by atoms with Crippen molar-refractivity contribution in [2.45, 2.75) is 0 Å². The van der Waals surface area contributed by atoms with Gasteiger partial charge in [-0.3, -0.25) is 0 Å². The number of rotatable bonds is 3. The van der Waals surface area contributed by atoms with Crippen LogP contribution in [-0.2, 0) is 0 Å². The van der Waals surface area contributed by atoms with E-state index in [1.54, 1.807) is 36.4 Å². The van der Waals surface area contributed by atoms with E-state index in [2.05, 4.69) is 0 Å². The van der Waals surface area contributed by atoms with Gasteiger partial charge in [-0.2, -0.15) is 0 Å². The summed E-state index contributed by atoms with van der Waals surface area (Å²) in [6, 6.07) is 9.95. The second kappa shape index (κ2) is 5.97. The summed E-state index contributed by atoms with van der Waals surface area (Å²) in [6.45, 7) is 0. The Morgan fingerprint density at radius 2 is 1.53 bits per heavy atom. The van der Waals surface area contributed by atoms with Crippen LogP contribution < -0.4 is 10.5 Å². The second-order valence-corrected chi connectivity index (χ2v) is 5.40. The van der Waals surface area contributed by atoms with E-state index in [0.29, 0.717) is 32.1 Å². The number of halogens is 3. The van der Waals surface area contributed by atoms with Gasteiger partial charge in [0.2, 0.25) is 0 Å². The molecule has 2 aromatic carbocycles. The van der Waals surface area contributed by atoms with Crippen molar-refractivity contribution in [2.24, 2.45) is 5.73 Å². The summed E-state index contributed by atoms with van der Waals surface area (Å²) in [6.07, 6.45) is 0. The van der Waals surface area contributed by atoms with Crippen LogP contribution in [0, 0.1) is 0 Å². The molecule has 98 valence electrons. The van der Waals surface area contributed by atoms with Crippen LogP contribution in [-0.4, -0.2) is 4.99 Å². The van der Waals surface area contributed by atoms with Gasteiger partial charge in [0, 0.05) is 10.0 Å². The molecule has 0 aromatic heterocycles. The maximum Gasteiger partial charge on any atom is 0.146 e. The number of ether oxygens (including phenoxy) is 1. The Morgan fingerprint density at radius 3 is 2.11 bits per heavy atom. The lowest BCUT2D eigenvalue weighted by molar-refractivity contribution is 0.482. The van der Waals surface area contributed by atoms with Crippen LogP contribution in [0.1, 0.15) is 5.56 Å². The molecule has 0 unspecified atom stereocenters. The van der Waals surface area contributed by atoms with Gasteiger partial charge in [0.1, 0.15) is 16.5 Å². The summed E-state index contributed by atoms with van der Waals surface area (Å²) >= 11 is 22.7. The molecule has 0 aliphatic heterocycles. The highest BCUT2D eigenvalue weighted by atomic mass is 35.5. The van der Waals surface area contributed by atoms with Gasteiger partial charge >= 0.3 is 0 Å². The van der Waals surface area contributed by atoms with Crippen LogP contribution in [0.25, 0.3) is 0 Å². The predicted molar refractivity (Wildman–Crippen MR) is 83.9 cm³/mol. The van der Waals surface area contributed by atoms with E-state index >= 15 is 0 Å². The predicted octanol–water partition coefficient (Wildman–Crippen LogP) is 5.07. The molecule has 2 nitrogen and oxygen atoms in total. The van der Waals surface area contributed by atoms with Crippen LogP contribution in [0.5, 0.6) is 11.5 Å². The summed E-state index contributed by atoms with van der Waals surface area (Å²) in [5.74, 6) is 0.951. The molecule has 2 rings (SSSR count). The summed E-state index contributed by atoms with van der Waals surface area (Å²) in [4.78, 5) is 0.197. The third-order valence-electron chi connectivity index (χ3n) is 2.32. The first-order chi connectivity index (χ1) is 8.97. The van der Waals surface area contributed by atoms with Gasteiger partial charge in [0.05, 0.1) is 10.6 Å². The van der Waals surface area contributed by atoms with Crippen molar-refractivity contribution in [1.29, 1.82) is 0 Å². The van der Waals surface area contributed by atoms with Gasteiger partial charge in [0.25, 0.3) is 0 Å². The van der Waals surface area contributed by atoms with Gasteiger partial charge in [-0.05, 0) is 36.4 Å². The molecule has 0 heterocycles. The van der Waals surface area contributed by atoms with Gasteiger partial charge in [-0.25, -0.2) is 0 Å². The molecule has 0 saturated carbocycles. The van der Waals surface area contributed by atoms with Crippen LogP contribution in [0.2, 0.25) is 15.1 Å². The zero-order valence-corrected chi connectivity index (χ0v) is 12.6. The van der Waals surface area contributed by atoms with Crippen LogP contribution in [0.3, 0.4) is 0 Å². The average molecular weight is 333 g/mol. The summed E-state index contributed by atoms with van der Waals surface area (Å²) in [5.41, 5.74) is 6.19. The topological polar surface area (TPSA) is 35.2 Å². The maximum atomic E-state index is 6.04. The Morgan fingerprint density at radius 1 is 0.947 bits per heavy atom. The van der Waals surface area contributed by atoms with E-state index in [-0.39, 0.29) is 4.99 Å². The summed E-state index contributed by atoms with van der Waals surface area (Å²) in [7, 11) is 0. The number of thiocarbonyl (C=S) groups is 1. The van der Waals surface area contributed by atoms with E-state index in [9.17, 15) is 0 Å². The van der Waals surface area contributed by atoms with Crippen molar-refractivity contribution in [2.75, 3.05) is 0 Å². The number of nitrogens with two attached hydrogens (primary N) is 1. The van der Waals surface area contributed by atoms with Gasteiger partial charge in [-0.1, -0.05) is 47.0 Å². The molecule has 19 heavy (non-hydrogen) atoms. The lowest BCUT2D eigenvalue weighted by atomic mass is 10.2. The molecule has 6 heteroatoms. The van der Waals surface area contributed by atoms with E-state index in [1.165, 1.54) is 0 Å². The maximum absolute atomic E-state index is 6.04. The molecule has 0 fully saturated rings. The summed E-state index contributed by atoms with van der Waals surface area (Å²) in [5, 5.41) is 1.46. The Hall–Kier alpha value is -1.000. The van der Waals surface area contributed by atoms with E-state index in [4.69, 9.17) is 57.5 Å². The molecule has 0 amide bonds. The molecular weight excluding hydrogens is 325 g/mol. The zero-order valence-electron chi connectivity index (χ0n) is 9.49. The first-order valence-electron chi connectivity index (χ1n) is 5.19. The first kappa shape index (κ1) is 14.4. The van der Waals surface area contributed by atoms with Crippen LogP contribution in [0.15, 0.2) is 36.4 Å². The summed E-state index contributed by atoms with van der Waals surface area (Å²) < 4.78 is 5.69. The van der Waals surface area contributed by atoms with Gasteiger partial charge < -0.3 is 10.5 Å². The Labute approximate surface area is 131 Å². The minimum absolute atomic E-state index is 0.197. The highest BCUT2D eigenvalue weighted by Crippen LogP contribution is 2.33. The lowest BCUT2D eigenvalue weighted by Crippen LogP contribution is -2.10. The molecular formula is C13H8Cl3NOS. The van der Waals surface area contributed by atoms with E-state index in [0.717, 1.165) is 0 Å². The molecule has 0 bridgehead atoms. The normalized spacial score (nSPS) is 10.3. The molecule has 0 aliphatic carbocycles. The third kappa shape index (κ3) is 3.51. The largest absolute Gasteiger partial charge is 0.455 e. The highest BCUT2D eigenvalue weighted by Gasteiger charge is 2.10. The number of hydrogen-bond donors (Lipinski definition) is 1. The fraction of sp³-hybridized carbons (Fsp3) is 0.